The molecule has 5 rings (SSSR count). The zero-order chi connectivity index (χ0) is 16.8. The molecule has 0 spiro atoms. The van der Waals surface area contributed by atoms with E-state index in [0.717, 1.165) is 34.5 Å². The van der Waals surface area contributed by atoms with Gasteiger partial charge in [0.25, 0.3) is 0 Å². The van der Waals surface area contributed by atoms with E-state index in [2.05, 4.69) is 25.1 Å². The zero-order valence-corrected chi connectivity index (χ0v) is 13.3. The van der Waals surface area contributed by atoms with Gasteiger partial charge in [0.15, 0.2) is 12.1 Å². The third kappa shape index (κ3) is 2.40. The summed E-state index contributed by atoms with van der Waals surface area (Å²) in [5.74, 6) is 2.11. The molecule has 4 aromatic rings. The van der Waals surface area contributed by atoms with Crippen LogP contribution in [0.15, 0.2) is 42.9 Å². The number of nitrogens with zero attached hydrogens (tertiary/aromatic N) is 5. The number of pyridine rings is 2. The highest BCUT2D eigenvalue weighted by Crippen LogP contribution is 2.38. The number of nitrogens with one attached hydrogen (secondary N) is 1. The number of H-pyrrole nitrogens is 1. The molecule has 7 nitrogen and oxygen atoms in total. The summed E-state index contributed by atoms with van der Waals surface area (Å²) >= 11 is 0. The molecule has 122 valence electrons. The predicted octanol–water partition coefficient (Wildman–Crippen LogP) is 2.90. The Kier molecular flexibility index (Phi) is 3.00. The van der Waals surface area contributed by atoms with Gasteiger partial charge in [0.05, 0.1) is 11.9 Å². The van der Waals surface area contributed by atoms with Crippen LogP contribution in [0, 0.1) is 0 Å². The Morgan fingerprint density at radius 3 is 2.84 bits per heavy atom. The second-order valence-corrected chi connectivity index (χ2v) is 6.21. The lowest BCUT2D eigenvalue weighted by molar-refractivity contribution is 0.112. The Morgan fingerprint density at radius 2 is 2.08 bits per heavy atom. The van der Waals surface area contributed by atoms with Crippen molar-refractivity contribution in [3.05, 3.63) is 54.2 Å². The van der Waals surface area contributed by atoms with Gasteiger partial charge in [0.1, 0.15) is 17.2 Å². The maximum Gasteiger partial charge on any atom is 0.199 e. The number of aromatic amines is 1. The van der Waals surface area contributed by atoms with Crippen molar-refractivity contribution in [2.24, 2.45) is 0 Å². The van der Waals surface area contributed by atoms with E-state index in [0.29, 0.717) is 17.3 Å². The molecule has 4 aromatic heterocycles. The molecule has 1 saturated carbocycles. The minimum atomic E-state index is 0.536. The molecular weight excluding hydrogens is 316 g/mol. The van der Waals surface area contributed by atoms with E-state index in [-0.39, 0.29) is 0 Å². The predicted molar refractivity (Wildman–Crippen MR) is 91.6 cm³/mol. The molecule has 25 heavy (non-hydrogen) atoms. The highest BCUT2D eigenvalue weighted by Gasteiger charge is 2.27. The monoisotopic (exact) mass is 330 g/mol. The second-order valence-electron chi connectivity index (χ2n) is 6.21. The number of hydrogen-bond donors (Lipinski definition) is 1. The fraction of sp³-hybridized carbons (Fsp3) is 0.167. The largest absolute Gasteiger partial charge is 0.300 e. The first-order valence-corrected chi connectivity index (χ1v) is 8.13. The quantitative estimate of drug-likeness (QED) is 0.581. The van der Waals surface area contributed by atoms with Crippen molar-refractivity contribution in [2.75, 3.05) is 0 Å². The van der Waals surface area contributed by atoms with Crippen molar-refractivity contribution in [1.29, 1.82) is 0 Å². The van der Waals surface area contributed by atoms with Crippen LogP contribution < -0.4 is 0 Å². The summed E-state index contributed by atoms with van der Waals surface area (Å²) in [6.45, 7) is 0. The molecule has 0 amide bonds. The van der Waals surface area contributed by atoms with Crippen molar-refractivity contribution in [1.82, 2.24) is 29.7 Å². The van der Waals surface area contributed by atoms with Crippen LogP contribution in [0.1, 0.15) is 34.9 Å². The van der Waals surface area contributed by atoms with Crippen LogP contribution in [-0.2, 0) is 0 Å². The maximum atomic E-state index is 10.9. The molecule has 4 heterocycles. The Bertz CT molecular complexity index is 1070. The smallest absolute Gasteiger partial charge is 0.199 e. The average Bonchev–Trinajstić information content (AvgIpc) is 3.24. The summed E-state index contributed by atoms with van der Waals surface area (Å²) in [7, 11) is 0. The highest BCUT2D eigenvalue weighted by atomic mass is 16.1. The molecule has 0 atom stereocenters. The number of aldehydes is 1. The van der Waals surface area contributed by atoms with Crippen LogP contribution in [0.25, 0.3) is 28.2 Å². The van der Waals surface area contributed by atoms with Crippen LogP contribution >= 0.6 is 0 Å². The third-order valence-corrected chi connectivity index (χ3v) is 4.41. The highest BCUT2D eigenvalue weighted by molar-refractivity contribution is 5.85. The van der Waals surface area contributed by atoms with E-state index >= 15 is 0 Å². The Labute approximate surface area is 142 Å². The lowest BCUT2D eigenvalue weighted by Crippen LogP contribution is -1.96. The number of hydrogen-bond acceptors (Lipinski definition) is 5. The average molecular weight is 330 g/mol. The first-order chi connectivity index (χ1) is 12.3. The van der Waals surface area contributed by atoms with Crippen molar-refractivity contribution in [3.63, 3.8) is 0 Å². The lowest BCUT2D eigenvalue weighted by atomic mass is 10.2. The zero-order valence-electron chi connectivity index (χ0n) is 13.3. The molecule has 0 saturated heterocycles. The van der Waals surface area contributed by atoms with E-state index in [1.807, 2.05) is 35.0 Å². The van der Waals surface area contributed by atoms with Gasteiger partial charge in [0, 0.05) is 29.3 Å². The normalized spacial score (nSPS) is 14.1. The summed E-state index contributed by atoms with van der Waals surface area (Å²) in [5, 5.41) is 8.17. The minimum absolute atomic E-state index is 0.536. The molecular formula is C18H14N6O. The molecule has 0 aliphatic heterocycles. The molecule has 1 aliphatic carbocycles. The summed E-state index contributed by atoms with van der Waals surface area (Å²) in [6, 6.07) is 7.62. The maximum absolute atomic E-state index is 10.9. The summed E-state index contributed by atoms with van der Waals surface area (Å²) in [5.41, 5.74) is 2.98. The Balaban J connectivity index is 1.49. The molecule has 1 fully saturated rings. The van der Waals surface area contributed by atoms with Gasteiger partial charge in [-0.05, 0) is 37.1 Å². The van der Waals surface area contributed by atoms with E-state index in [4.69, 9.17) is 0 Å². The van der Waals surface area contributed by atoms with E-state index in [1.54, 1.807) is 12.4 Å². The number of fused-ring (bicyclic) bond motifs is 1. The molecule has 7 heteroatoms. The number of carbonyl (C=O) groups excluding carboxylic acids is 1. The van der Waals surface area contributed by atoms with Crippen LogP contribution in [0.5, 0.6) is 0 Å². The first kappa shape index (κ1) is 14.0. The van der Waals surface area contributed by atoms with Gasteiger partial charge in [-0.15, -0.1) is 0 Å². The fourth-order valence-electron chi connectivity index (χ4n) is 2.90. The number of rotatable bonds is 4. The van der Waals surface area contributed by atoms with E-state index in [9.17, 15) is 4.79 Å². The van der Waals surface area contributed by atoms with Crippen LogP contribution in [0.3, 0.4) is 0 Å². The first-order valence-electron chi connectivity index (χ1n) is 8.13. The summed E-state index contributed by atoms with van der Waals surface area (Å²) in [4.78, 5) is 24.3. The molecule has 1 aliphatic rings. The summed E-state index contributed by atoms with van der Waals surface area (Å²) in [6.07, 6.45) is 8.42. The number of aromatic nitrogens is 6. The van der Waals surface area contributed by atoms with Crippen LogP contribution in [0.4, 0.5) is 0 Å². The Hall–Kier alpha value is -3.35. The molecule has 1 N–H and O–H groups in total. The summed E-state index contributed by atoms with van der Waals surface area (Å²) < 4.78 is 1.94. The molecule has 0 unspecified atom stereocenters. The van der Waals surface area contributed by atoms with E-state index < -0.39 is 0 Å². The SMILES string of the molecule is O=Cc1cnc2c(ccn2-c2ccc(-c3n[nH]c(C4CC4)n3)nc2)c1. The van der Waals surface area contributed by atoms with Crippen molar-refractivity contribution in [2.45, 2.75) is 18.8 Å². The van der Waals surface area contributed by atoms with E-state index in [1.165, 1.54) is 12.8 Å². The van der Waals surface area contributed by atoms with Gasteiger partial charge in [-0.1, -0.05) is 0 Å². The van der Waals surface area contributed by atoms with Gasteiger partial charge < -0.3 is 0 Å². The van der Waals surface area contributed by atoms with Crippen molar-refractivity contribution >= 4 is 17.3 Å². The Morgan fingerprint density at radius 1 is 1.16 bits per heavy atom. The third-order valence-electron chi connectivity index (χ3n) is 4.41. The standard InChI is InChI=1S/C18H14N6O/c25-10-11-7-13-5-6-24(18(13)20-8-11)14-3-4-15(19-9-14)17-21-16(22-23-17)12-1-2-12/h3-10,12H,1-2H2,(H,21,22,23). The van der Waals surface area contributed by atoms with Gasteiger partial charge >= 0.3 is 0 Å². The lowest BCUT2D eigenvalue weighted by Gasteiger charge is -2.05. The van der Waals surface area contributed by atoms with Gasteiger partial charge in [-0.3, -0.25) is 19.4 Å². The number of carbonyl (C=O) groups is 1. The van der Waals surface area contributed by atoms with Crippen LogP contribution in [-0.4, -0.2) is 36.0 Å². The second kappa shape index (κ2) is 5.34. The topological polar surface area (TPSA) is 89.4 Å². The van der Waals surface area contributed by atoms with Crippen LogP contribution in [0.2, 0.25) is 0 Å². The van der Waals surface area contributed by atoms with Crippen molar-refractivity contribution < 1.29 is 4.79 Å². The van der Waals surface area contributed by atoms with Gasteiger partial charge in [0.2, 0.25) is 0 Å². The molecule has 0 aromatic carbocycles. The van der Waals surface area contributed by atoms with Gasteiger partial charge in [-0.2, -0.15) is 5.10 Å². The molecule has 0 bridgehead atoms. The molecule has 0 radical (unpaired) electrons. The fourth-order valence-corrected chi connectivity index (χ4v) is 2.90. The van der Waals surface area contributed by atoms with Gasteiger partial charge in [-0.25, -0.2) is 9.97 Å². The minimum Gasteiger partial charge on any atom is -0.300 e. The van der Waals surface area contributed by atoms with Crippen molar-refractivity contribution in [3.8, 4) is 17.2 Å².